The van der Waals surface area contributed by atoms with Crippen LogP contribution in [0.25, 0.3) is 0 Å². The number of rotatable bonds is 6. The van der Waals surface area contributed by atoms with Gasteiger partial charge in [-0.25, -0.2) is 4.98 Å². The maximum absolute atomic E-state index is 13.2. The van der Waals surface area contributed by atoms with E-state index in [1.54, 1.807) is 6.33 Å². The Kier molecular flexibility index (Phi) is 7.09. The molecule has 0 radical (unpaired) electrons. The third-order valence-corrected chi connectivity index (χ3v) is 7.39. The van der Waals surface area contributed by atoms with Gasteiger partial charge in [-0.15, -0.1) is 0 Å². The molecule has 2 aromatic rings. The average Bonchev–Trinajstić information content (AvgIpc) is 3.33. The van der Waals surface area contributed by atoms with Gasteiger partial charge in [0, 0.05) is 25.6 Å². The van der Waals surface area contributed by atoms with Crippen LogP contribution < -0.4 is 5.32 Å². The minimum atomic E-state index is -0.0568. The number of aromatic nitrogens is 2. The summed E-state index contributed by atoms with van der Waals surface area (Å²) < 4.78 is 8.11. The number of carbonyl (C=O) groups is 2. The second-order valence-corrected chi connectivity index (χ2v) is 9.62. The molecule has 2 aliphatic heterocycles. The van der Waals surface area contributed by atoms with Gasteiger partial charge in [0.2, 0.25) is 5.91 Å². The van der Waals surface area contributed by atoms with Crippen LogP contribution in [0.4, 0.5) is 0 Å². The molecule has 0 bridgehead atoms. The topological polar surface area (TPSA) is 76.5 Å². The lowest BCUT2D eigenvalue weighted by Gasteiger charge is -2.31. The molecule has 3 heterocycles. The number of likely N-dealkylation sites (tertiary alicyclic amines) is 1. The number of nitrogens with one attached hydrogen (secondary N) is 1. The van der Waals surface area contributed by atoms with Crippen molar-refractivity contribution in [2.24, 2.45) is 5.92 Å². The van der Waals surface area contributed by atoms with E-state index in [9.17, 15) is 9.59 Å². The highest BCUT2D eigenvalue weighted by molar-refractivity contribution is 5.93. The van der Waals surface area contributed by atoms with E-state index in [1.807, 2.05) is 27.7 Å². The number of fused-ring (bicyclic) bond motifs is 1. The number of allylic oxidation sites excluding steroid dienone is 1. The summed E-state index contributed by atoms with van der Waals surface area (Å²) in [5.41, 5.74) is 3.93. The van der Waals surface area contributed by atoms with Crippen LogP contribution in [-0.4, -0.2) is 45.9 Å². The summed E-state index contributed by atoms with van der Waals surface area (Å²) >= 11 is 0. The second kappa shape index (κ2) is 10.6. The van der Waals surface area contributed by atoms with Crippen molar-refractivity contribution in [3.63, 3.8) is 0 Å². The number of imidazole rings is 1. The number of piperidine rings is 1. The Balaban J connectivity index is 1.11. The summed E-state index contributed by atoms with van der Waals surface area (Å²) in [4.78, 5) is 32.1. The lowest BCUT2D eigenvalue weighted by Crippen LogP contribution is -2.43. The molecular weight excluding hydrogens is 428 g/mol. The maximum Gasteiger partial charge on any atom is 0.274 e. The SMILES string of the molecule is O=C(NCCC1=CCCCC1)C1CCN(C(=O)c2ncn3c2CO[C@H](c2ccccc2)C3)CC1. The fourth-order valence-corrected chi connectivity index (χ4v) is 5.29. The number of ether oxygens (including phenoxy) is 1. The van der Waals surface area contributed by atoms with Gasteiger partial charge < -0.3 is 19.5 Å². The van der Waals surface area contributed by atoms with E-state index in [4.69, 9.17) is 4.74 Å². The predicted octanol–water partition coefficient (Wildman–Crippen LogP) is 4.01. The van der Waals surface area contributed by atoms with Crippen LogP contribution >= 0.6 is 0 Å². The molecule has 7 nitrogen and oxygen atoms in total. The van der Waals surface area contributed by atoms with E-state index in [0.717, 1.165) is 17.7 Å². The van der Waals surface area contributed by atoms with Gasteiger partial charge in [-0.3, -0.25) is 9.59 Å². The molecule has 1 fully saturated rings. The summed E-state index contributed by atoms with van der Waals surface area (Å²) in [6.07, 6.45) is 11.3. The quantitative estimate of drug-likeness (QED) is 0.658. The van der Waals surface area contributed by atoms with Gasteiger partial charge in [-0.05, 0) is 50.5 Å². The van der Waals surface area contributed by atoms with Gasteiger partial charge in [-0.1, -0.05) is 42.0 Å². The van der Waals surface area contributed by atoms with Crippen molar-refractivity contribution < 1.29 is 14.3 Å². The van der Waals surface area contributed by atoms with E-state index < -0.39 is 0 Å². The molecule has 0 unspecified atom stereocenters. The Labute approximate surface area is 201 Å². The van der Waals surface area contributed by atoms with Crippen molar-refractivity contribution in [2.45, 2.75) is 64.2 Å². The molecular formula is C27H34N4O3. The zero-order valence-corrected chi connectivity index (χ0v) is 19.7. The highest BCUT2D eigenvalue weighted by Gasteiger charge is 2.32. The molecule has 1 saturated heterocycles. The van der Waals surface area contributed by atoms with E-state index in [2.05, 4.69) is 28.5 Å². The van der Waals surface area contributed by atoms with Crippen LogP contribution in [0.1, 0.15) is 72.8 Å². The highest BCUT2D eigenvalue weighted by Crippen LogP contribution is 2.29. The van der Waals surface area contributed by atoms with Crippen molar-refractivity contribution in [1.82, 2.24) is 19.8 Å². The summed E-state index contributed by atoms with van der Waals surface area (Å²) in [6, 6.07) is 10.1. The molecule has 7 heteroatoms. The lowest BCUT2D eigenvalue weighted by atomic mass is 9.95. The molecule has 2 amide bonds. The van der Waals surface area contributed by atoms with E-state index in [0.29, 0.717) is 51.3 Å². The third-order valence-electron chi connectivity index (χ3n) is 7.39. The standard InChI is InChI=1S/C27H34N4O3/c32-26(28-14-11-20-7-3-1-4-8-20)22-12-15-30(16-13-22)27(33)25-23-18-34-24(17-31(23)19-29-25)21-9-5-2-6-10-21/h2,5-7,9-10,19,22,24H,1,3-4,8,11-18H2,(H,28,32)/t24-/m0/s1. The highest BCUT2D eigenvalue weighted by atomic mass is 16.5. The molecule has 0 spiro atoms. The van der Waals surface area contributed by atoms with Gasteiger partial charge in [0.05, 0.1) is 25.2 Å². The predicted molar refractivity (Wildman–Crippen MR) is 129 cm³/mol. The molecule has 34 heavy (non-hydrogen) atoms. The Morgan fingerprint density at radius 1 is 1.12 bits per heavy atom. The van der Waals surface area contributed by atoms with Gasteiger partial charge in [-0.2, -0.15) is 0 Å². The number of nitrogens with zero attached hydrogens (tertiary/aromatic N) is 3. The van der Waals surface area contributed by atoms with E-state index in [1.165, 1.54) is 31.3 Å². The monoisotopic (exact) mass is 462 g/mol. The summed E-state index contributed by atoms with van der Waals surface area (Å²) in [6.45, 7) is 2.91. The molecule has 1 aliphatic carbocycles. The number of carbonyl (C=O) groups excluding carboxylic acids is 2. The first-order valence-corrected chi connectivity index (χ1v) is 12.6. The lowest BCUT2D eigenvalue weighted by molar-refractivity contribution is -0.126. The molecule has 1 aromatic heterocycles. The molecule has 180 valence electrons. The van der Waals surface area contributed by atoms with E-state index >= 15 is 0 Å². The summed E-state index contributed by atoms with van der Waals surface area (Å²) in [5.74, 6) is 0.0529. The van der Waals surface area contributed by atoms with Crippen LogP contribution in [0.5, 0.6) is 0 Å². The summed E-state index contributed by atoms with van der Waals surface area (Å²) in [5, 5.41) is 3.11. The minimum absolute atomic E-state index is 0.0183. The molecule has 3 aliphatic rings. The maximum atomic E-state index is 13.2. The number of hydrogen-bond acceptors (Lipinski definition) is 4. The molecule has 5 rings (SSSR count). The van der Waals surface area contributed by atoms with Crippen molar-refractivity contribution in [3.05, 3.63) is 65.3 Å². The van der Waals surface area contributed by atoms with Crippen LogP contribution in [0.2, 0.25) is 0 Å². The zero-order chi connectivity index (χ0) is 23.3. The zero-order valence-electron chi connectivity index (χ0n) is 19.7. The van der Waals surface area contributed by atoms with Crippen LogP contribution in [0, 0.1) is 5.92 Å². The van der Waals surface area contributed by atoms with Crippen molar-refractivity contribution in [3.8, 4) is 0 Å². The first-order valence-electron chi connectivity index (χ1n) is 12.6. The van der Waals surface area contributed by atoms with Crippen molar-refractivity contribution in [2.75, 3.05) is 19.6 Å². The first kappa shape index (κ1) is 22.8. The van der Waals surface area contributed by atoms with Gasteiger partial charge in [0.25, 0.3) is 5.91 Å². The number of amides is 2. The fourth-order valence-electron chi connectivity index (χ4n) is 5.29. The molecule has 0 saturated carbocycles. The smallest absolute Gasteiger partial charge is 0.274 e. The van der Waals surface area contributed by atoms with Crippen molar-refractivity contribution >= 4 is 11.8 Å². The summed E-state index contributed by atoms with van der Waals surface area (Å²) in [7, 11) is 0. The van der Waals surface area contributed by atoms with Crippen LogP contribution in [0.3, 0.4) is 0 Å². The Morgan fingerprint density at radius 2 is 1.94 bits per heavy atom. The van der Waals surface area contributed by atoms with Gasteiger partial charge >= 0.3 is 0 Å². The Hall–Kier alpha value is -2.93. The Morgan fingerprint density at radius 3 is 2.71 bits per heavy atom. The Bertz CT molecular complexity index is 1040. The van der Waals surface area contributed by atoms with E-state index in [-0.39, 0.29) is 23.8 Å². The molecule has 1 atom stereocenters. The fraction of sp³-hybridized carbons (Fsp3) is 0.519. The minimum Gasteiger partial charge on any atom is -0.365 e. The van der Waals surface area contributed by atoms with Crippen molar-refractivity contribution in [1.29, 1.82) is 0 Å². The molecule has 1 N–H and O–H groups in total. The molecule has 1 aromatic carbocycles. The largest absolute Gasteiger partial charge is 0.365 e. The normalized spacial score (nSPS) is 21.0. The van der Waals surface area contributed by atoms with Gasteiger partial charge in [0.1, 0.15) is 6.10 Å². The average molecular weight is 463 g/mol. The first-order chi connectivity index (χ1) is 16.7. The second-order valence-electron chi connectivity index (χ2n) is 9.62. The number of benzene rings is 1. The van der Waals surface area contributed by atoms with Crippen LogP contribution in [-0.2, 0) is 22.7 Å². The van der Waals surface area contributed by atoms with Crippen LogP contribution in [0.15, 0.2) is 48.3 Å². The number of hydrogen-bond donors (Lipinski definition) is 1. The van der Waals surface area contributed by atoms with Gasteiger partial charge in [0.15, 0.2) is 5.69 Å². The third kappa shape index (κ3) is 5.09.